The van der Waals surface area contributed by atoms with E-state index in [0.29, 0.717) is 28.1 Å². The minimum Gasteiger partial charge on any atom is -0.469 e. The number of hydrogen-bond donors (Lipinski definition) is 2. The van der Waals surface area contributed by atoms with Crippen molar-refractivity contribution >= 4 is 40.8 Å². The summed E-state index contributed by atoms with van der Waals surface area (Å²) in [5, 5.41) is 7.74. The Hall–Kier alpha value is -2.08. The van der Waals surface area contributed by atoms with Gasteiger partial charge >= 0.3 is 5.97 Å². The maximum atomic E-state index is 13.5. The van der Waals surface area contributed by atoms with Gasteiger partial charge < -0.3 is 10.1 Å². The standard InChI is InChI=1S/C23H24Cl2N2O3/c1-30-21(28)10-9-18(15-3-2-4-16(24)11-15)23(26-13-14-5-6-14)19-8-7-17(25)12-20(19)27-22(23)29/h2-4,7-8,11-12,14,18,26H,5-6,9-10,13H2,1H3,(H,27,29)/t18?,23-/m1/s1. The van der Waals surface area contributed by atoms with Crippen LogP contribution in [-0.4, -0.2) is 25.5 Å². The van der Waals surface area contributed by atoms with Crippen molar-refractivity contribution in [2.75, 3.05) is 19.0 Å². The number of ether oxygens (including phenoxy) is 1. The zero-order valence-corrected chi connectivity index (χ0v) is 18.2. The molecule has 1 saturated carbocycles. The fourth-order valence-corrected chi connectivity index (χ4v) is 4.67. The zero-order chi connectivity index (χ0) is 21.3. The van der Waals surface area contributed by atoms with Gasteiger partial charge in [-0.25, -0.2) is 0 Å². The van der Waals surface area contributed by atoms with E-state index < -0.39 is 5.54 Å². The molecule has 30 heavy (non-hydrogen) atoms. The molecule has 5 nitrogen and oxygen atoms in total. The predicted molar refractivity (Wildman–Crippen MR) is 118 cm³/mol. The quantitative estimate of drug-likeness (QED) is 0.567. The van der Waals surface area contributed by atoms with Gasteiger partial charge in [0.05, 0.1) is 7.11 Å². The van der Waals surface area contributed by atoms with Gasteiger partial charge in [0, 0.05) is 33.6 Å². The van der Waals surface area contributed by atoms with E-state index in [0.717, 1.165) is 30.5 Å². The van der Waals surface area contributed by atoms with Crippen molar-refractivity contribution in [1.29, 1.82) is 0 Å². The van der Waals surface area contributed by atoms with E-state index in [2.05, 4.69) is 10.6 Å². The first-order chi connectivity index (χ1) is 14.4. The van der Waals surface area contributed by atoms with Crippen molar-refractivity contribution in [3.05, 3.63) is 63.6 Å². The average molecular weight is 447 g/mol. The van der Waals surface area contributed by atoms with Crippen LogP contribution in [0, 0.1) is 5.92 Å². The van der Waals surface area contributed by atoms with Crippen molar-refractivity contribution in [3.8, 4) is 0 Å². The molecular formula is C23H24Cl2N2O3. The van der Waals surface area contributed by atoms with Crippen molar-refractivity contribution in [1.82, 2.24) is 5.32 Å². The van der Waals surface area contributed by atoms with Crippen molar-refractivity contribution < 1.29 is 14.3 Å². The summed E-state index contributed by atoms with van der Waals surface area (Å²) >= 11 is 12.5. The van der Waals surface area contributed by atoms with Crippen LogP contribution in [0.4, 0.5) is 5.69 Å². The molecule has 1 unspecified atom stereocenters. The number of amides is 1. The third-order valence-electron chi connectivity index (χ3n) is 6.02. The van der Waals surface area contributed by atoms with Gasteiger partial charge in [0.15, 0.2) is 0 Å². The molecule has 0 bridgehead atoms. The number of esters is 1. The number of methoxy groups -OCH3 is 1. The molecule has 2 aromatic carbocycles. The number of benzene rings is 2. The van der Waals surface area contributed by atoms with Crippen LogP contribution in [0.1, 0.15) is 42.7 Å². The maximum Gasteiger partial charge on any atom is 0.305 e. The largest absolute Gasteiger partial charge is 0.469 e. The Kier molecular flexibility index (Phi) is 6.05. The Bertz CT molecular complexity index is 977. The molecule has 0 aromatic heterocycles. The summed E-state index contributed by atoms with van der Waals surface area (Å²) in [7, 11) is 1.37. The van der Waals surface area contributed by atoms with Crippen LogP contribution in [0.2, 0.25) is 10.0 Å². The van der Waals surface area contributed by atoms with Crippen LogP contribution in [0.5, 0.6) is 0 Å². The van der Waals surface area contributed by atoms with Gasteiger partial charge in [0.2, 0.25) is 5.91 Å². The molecule has 0 saturated heterocycles. The van der Waals surface area contributed by atoms with E-state index in [-0.39, 0.29) is 24.2 Å². The summed E-state index contributed by atoms with van der Waals surface area (Å²) in [6.45, 7) is 0.727. The lowest BCUT2D eigenvalue weighted by Gasteiger charge is -2.37. The van der Waals surface area contributed by atoms with Crippen LogP contribution in [0.15, 0.2) is 42.5 Å². The lowest BCUT2D eigenvalue weighted by atomic mass is 9.72. The van der Waals surface area contributed by atoms with Gasteiger partial charge in [-0.05, 0) is 61.6 Å². The van der Waals surface area contributed by atoms with E-state index in [1.807, 2.05) is 24.3 Å². The third kappa shape index (κ3) is 4.07. The van der Waals surface area contributed by atoms with E-state index in [1.165, 1.54) is 7.11 Å². The Morgan fingerprint density at radius 2 is 2.00 bits per heavy atom. The summed E-state index contributed by atoms with van der Waals surface area (Å²) in [4.78, 5) is 25.5. The number of fused-ring (bicyclic) bond motifs is 1. The van der Waals surface area contributed by atoms with Gasteiger partial charge in [-0.15, -0.1) is 0 Å². The minimum absolute atomic E-state index is 0.143. The first kappa shape index (κ1) is 21.2. The number of rotatable bonds is 8. The molecule has 0 spiro atoms. The number of nitrogens with one attached hydrogen (secondary N) is 2. The lowest BCUT2D eigenvalue weighted by Crippen LogP contribution is -2.53. The summed E-state index contributed by atoms with van der Waals surface area (Å²) in [5.41, 5.74) is 1.40. The number of anilines is 1. The molecule has 2 N–H and O–H groups in total. The topological polar surface area (TPSA) is 67.4 Å². The second kappa shape index (κ2) is 8.58. The molecule has 4 rings (SSSR count). The Balaban J connectivity index is 1.83. The lowest BCUT2D eigenvalue weighted by molar-refractivity contribution is -0.141. The molecule has 1 aliphatic heterocycles. The highest BCUT2D eigenvalue weighted by atomic mass is 35.5. The van der Waals surface area contributed by atoms with Crippen LogP contribution >= 0.6 is 23.2 Å². The molecular weight excluding hydrogens is 423 g/mol. The van der Waals surface area contributed by atoms with Gasteiger partial charge in [-0.2, -0.15) is 0 Å². The van der Waals surface area contributed by atoms with E-state index in [9.17, 15) is 9.59 Å². The Morgan fingerprint density at radius 3 is 2.70 bits per heavy atom. The Labute approximate surface area is 186 Å². The molecule has 158 valence electrons. The second-order valence-electron chi connectivity index (χ2n) is 8.00. The molecule has 2 aromatic rings. The minimum atomic E-state index is -1.03. The summed E-state index contributed by atoms with van der Waals surface area (Å²) < 4.78 is 4.87. The number of hydrogen-bond acceptors (Lipinski definition) is 4. The Morgan fingerprint density at radius 1 is 1.23 bits per heavy atom. The van der Waals surface area contributed by atoms with E-state index >= 15 is 0 Å². The smallest absolute Gasteiger partial charge is 0.305 e. The number of carbonyl (C=O) groups is 2. The van der Waals surface area contributed by atoms with Gasteiger partial charge in [-0.1, -0.05) is 41.4 Å². The van der Waals surface area contributed by atoms with E-state index in [4.69, 9.17) is 27.9 Å². The van der Waals surface area contributed by atoms with Crippen LogP contribution in [0.25, 0.3) is 0 Å². The third-order valence-corrected chi connectivity index (χ3v) is 6.49. The number of carbonyl (C=O) groups excluding carboxylic acids is 2. The predicted octanol–water partition coefficient (Wildman–Crippen LogP) is 4.88. The summed E-state index contributed by atoms with van der Waals surface area (Å²) in [5.74, 6) is -0.215. The highest BCUT2D eigenvalue weighted by Crippen LogP contribution is 2.49. The maximum absolute atomic E-state index is 13.5. The molecule has 1 fully saturated rings. The van der Waals surface area contributed by atoms with Crippen LogP contribution in [-0.2, 0) is 19.9 Å². The normalized spacial score (nSPS) is 21.1. The highest BCUT2D eigenvalue weighted by Gasteiger charge is 2.53. The van der Waals surface area contributed by atoms with Crippen molar-refractivity contribution in [2.45, 2.75) is 37.1 Å². The average Bonchev–Trinajstić information content (AvgIpc) is 3.51. The fraction of sp³-hybridized carbons (Fsp3) is 0.391. The number of halogens is 2. The molecule has 2 atom stereocenters. The summed E-state index contributed by atoms with van der Waals surface area (Å²) in [6.07, 6.45) is 2.93. The summed E-state index contributed by atoms with van der Waals surface area (Å²) in [6, 6.07) is 12.9. The van der Waals surface area contributed by atoms with E-state index in [1.54, 1.807) is 18.2 Å². The van der Waals surface area contributed by atoms with Crippen molar-refractivity contribution in [3.63, 3.8) is 0 Å². The molecule has 1 amide bonds. The first-order valence-corrected chi connectivity index (χ1v) is 10.9. The van der Waals surface area contributed by atoms with Gasteiger partial charge in [0.25, 0.3) is 0 Å². The SMILES string of the molecule is COC(=O)CCC(c1cccc(Cl)c1)[C@]1(NCC2CC2)C(=O)Nc2cc(Cl)ccc21. The van der Waals surface area contributed by atoms with Gasteiger partial charge in [-0.3, -0.25) is 14.9 Å². The van der Waals surface area contributed by atoms with Gasteiger partial charge in [0.1, 0.15) is 5.54 Å². The molecule has 1 heterocycles. The van der Waals surface area contributed by atoms with Crippen LogP contribution in [0.3, 0.4) is 0 Å². The molecule has 1 aliphatic carbocycles. The molecule has 7 heteroatoms. The van der Waals surface area contributed by atoms with Crippen LogP contribution < -0.4 is 10.6 Å². The monoisotopic (exact) mass is 446 g/mol. The fourth-order valence-electron chi connectivity index (χ4n) is 4.30. The molecule has 0 radical (unpaired) electrons. The second-order valence-corrected chi connectivity index (χ2v) is 8.87. The zero-order valence-electron chi connectivity index (χ0n) is 16.7. The van der Waals surface area contributed by atoms with Crippen molar-refractivity contribution in [2.24, 2.45) is 5.92 Å². The highest BCUT2D eigenvalue weighted by molar-refractivity contribution is 6.31. The molecule has 2 aliphatic rings. The first-order valence-electron chi connectivity index (χ1n) is 10.1.